The van der Waals surface area contributed by atoms with Crippen molar-refractivity contribution in [3.63, 3.8) is 0 Å². The van der Waals surface area contributed by atoms with Crippen molar-refractivity contribution in [1.29, 1.82) is 0 Å². The minimum absolute atomic E-state index is 0.213. The average molecular weight is 552 g/mol. The van der Waals surface area contributed by atoms with E-state index in [9.17, 15) is 0 Å². The lowest BCUT2D eigenvalue weighted by Crippen LogP contribution is -2.47. The lowest BCUT2D eigenvalue weighted by molar-refractivity contribution is 0.741. The van der Waals surface area contributed by atoms with Crippen LogP contribution in [0.4, 0.5) is 0 Å². The zero-order chi connectivity index (χ0) is 18.1. The maximum absolute atomic E-state index is 2.90. The van der Waals surface area contributed by atoms with Crippen molar-refractivity contribution < 1.29 is 0 Å². The molecule has 0 saturated heterocycles. The Hall–Kier alpha value is 0.637. The second-order valence-corrected chi connectivity index (χ2v) is 26.9. The van der Waals surface area contributed by atoms with Crippen molar-refractivity contribution >= 4 is 46.7 Å². The fourth-order valence-corrected chi connectivity index (χ4v) is 18.0. The van der Waals surface area contributed by atoms with Gasteiger partial charge < -0.3 is 0 Å². The molecule has 0 saturated carbocycles. The smallest absolute Gasteiger partial charge is 0.102 e. The Morgan fingerprint density at radius 3 is 0.870 bits per heavy atom. The van der Waals surface area contributed by atoms with E-state index in [2.05, 4.69) is 113 Å². The monoisotopic (exact) mass is 552 g/mol. The Kier molecular flexibility index (Phi) is 5.06. The quantitative estimate of drug-likeness (QED) is 0.184. The van der Waals surface area contributed by atoms with Gasteiger partial charge in [0.05, 0.1) is 0 Å². The van der Waals surface area contributed by atoms with E-state index >= 15 is 0 Å². The summed E-state index contributed by atoms with van der Waals surface area (Å²) in [7, 11) is 0. The fraction of sp³-hybridized carbons (Fsp3) is 0.600. The molecule has 0 aromatic heterocycles. The molecule has 0 unspecified atom stereocenters. The topological polar surface area (TPSA) is 0 Å². The molecule has 0 heterocycles. The standard InChI is InChI=1S/C20H30I2Si/c1-11-12(2)16(6)19(9,15(11)5)23(21,22)20(10)17(7)13(3)14(4)18(20)8/h1-10H3. The van der Waals surface area contributed by atoms with Crippen molar-refractivity contribution in [2.24, 2.45) is 0 Å². The third-order valence-electron chi connectivity index (χ3n) is 7.63. The summed E-state index contributed by atoms with van der Waals surface area (Å²) in [5.41, 5.74) is 12.5. The van der Waals surface area contributed by atoms with E-state index in [1.54, 1.807) is 22.3 Å². The number of halogens is 2. The van der Waals surface area contributed by atoms with Crippen molar-refractivity contribution in [3.8, 4) is 0 Å². The van der Waals surface area contributed by atoms with Crippen molar-refractivity contribution in [2.45, 2.75) is 79.3 Å². The second-order valence-electron chi connectivity index (χ2n) is 7.82. The third kappa shape index (κ3) is 2.17. The normalized spacial score (nSPS) is 24.5. The molecule has 0 aromatic carbocycles. The summed E-state index contributed by atoms with van der Waals surface area (Å²) < 4.78 is -1.80. The summed E-state index contributed by atoms with van der Waals surface area (Å²) >= 11 is 5.81. The Morgan fingerprint density at radius 1 is 0.522 bits per heavy atom. The number of hydrogen-bond donors (Lipinski definition) is 0. The molecule has 2 aliphatic rings. The molecule has 2 rings (SSSR count). The van der Waals surface area contributed by atoms with Crippen molar-refractivity contribution in [3.05, 3.63) is 44.6 Å². The highest BCUT2D eigenvalue weighted by atomic mass is 127. The van der Waals surface area contributed by atoms with E-state index in [-0.39, 0.29) is 10.1 Å². The van der Waals surface area contributed by atoms with Crippen LogP contribution in [-0.4, -0.2) is 3.07 Å². The summed E-state index contributed by atoms with van der Waals surface area (Å²) in [4.78, 5) is 0. The Bertz CT molecular complexity index is 606. The molecule has 128 valence electrons. The minimum Gasteiger partial charge on any atom is -0.102 e. The number of hydrogen-bond acceptors (Lipinski definition) is 0. The van der Waals surface area contributed by atoms with Crippen LogP contribution < -0.4 is 0 Å². The largest absolute Gasteiger partial charge is 0.218 e. The molecule has 0 fully saturated rings. The van der Waals surface area contributed by atoms with Gasteiger partial charge >= 0.3 is 0 Å². The lowest BCUT2D eigenvalue weighted by Gasteiger charge is -2.50. The van der Waals surface area contributed by atoms with Crippen LogP contribution in [0.1, 0.15) is 69.2 Å². The highest BCUT2D eigenvalue weighted by Gasteiger charge is 2.64. The van der Waals surface area contributed by atoms with Gasteiger partial charge in [0.15, 0.2) is 0 Å². The summed E-state index contributed by atoms with van der Waals surface area (Å²) in [5, 5.41) is 0.426. The van der Waals surface area contributed by atoms with Gasteiger partial charge in [-0.05, 0) is 77.7 Å². The fourth-order valence-electron chi connectivity index (χ4n) is 4.63. The first kappa shape index (κ1) is 20.0. The van der Waals surface area contributed by atoms with Gasteiger partial charge in [0.1, 0.15) is 0 Å². The molecule has 2 aliphatic carbocycles. The van der Waals surface area contributed by atoms with Crippen LogP contribution in [-0.2, 0) is 0 Å². The van der Waals surface area contributed by atoms with E-state index in [1.807, 2.05) is 0 Å². The zero-order valence-electron chi connectivity index (χ0n) is 16.3. The third-order valence-corrected chi connectivity index (χ3v) is 24.6. The SMILES string of the molecule is CC1=C(C)C(C)([Si](I)(I)C2(C)C(C)=C(C)C(C)=C2C)C(C)=C1C. The summed E-state index contributed by atoms with van der Waals surface area (Å²) in [5.74, 6) is 0. The van der Waals surface area contributed by atoms with Crippen LogP contribution in [0.2, 0.25) is 10.1 Å². The van der Waals surface area contributed by atoms with Gasteiger partial charge in [-0.25, -0.2) is 0 Å². The summed E-state index contributed by atoms with van der Waals surface area (Å²) in [6, 6.07) is 0. The Balaban J connectivity index is 2.80. The molecule has 23 heavy (non-hydrogen) atoms. The predicted octanol–water partition coefficient (Wildman–Crippen LogP) is 8.19. The first-order chi connectivity index (χ1) is 10.3. The van der Waals surface area contributed by atoms with E-state index in [0.29, 0.717) is 0 Å². The molecule has 0 aromatic rings. The van der Waals surface area contributed by atoms with E-state index in [1.165, 1.54) is 22.3 Å². The molecule has 0 amide bonds. The highest BCUT2D eigenvalue weighted by Crippen LogP contribution is 2.74. The van der Waals surface area contributed by atoms with Crippen molar-refractivity contribution in [1.82, 2.24) is 0 Å². The molecule has 0 nitrogen and oxygen atoms in total. The van der Waals surface area contributed by atoms with E-state index < -0.39 is 3.07 Å². The first-order valence-electron chi connectivity index (χ1n) is 8.38. The van der Waals surface area contributed by atoms with Gasteiger partial charge in [-0.15, -0.1) is 43.6 Å². The molecular formula is C20H30I2Si. The number of allylic oxidation sites excluding steroid dienone is 8. The van der Waals surface area contributed by atoms with Crippen LogP contribution in [0.5, 0.6) is 0 Å². The van der Waals surface area contributed by atoms with Gasteiger partial charge in [-0.2, -0.15) is 0 Å². The van der Waals surface area contributed by atoms with Gasteiger partial charge in [0.2, 0.25) is 3.07 Å². The average Bonchev–Trinajstić information content (AvgIpc) is 2.76. The van der Waals surface area contributed by atoms with E-state index in [4.69, 9.17) is 0 Å². The van der Waals surface area contributed by atoms with Gasteiger partial charge in [-0.3, -0.25) is 0 Å². The Morgan fingerprint density at radius 2 is 0.696 bits per heavy atom. The molecule has 0 bridgehead atoms. The molecule has 3 heteroatoms. The van der Waals surface area contributed by atoms with Crippen LogP contribution >= 0.6 is 43.6 Å². The molecular weight excluding hydrogens is 522 g/mol. The predicted molar refractivity (Wildman–Crippen MR) is 124 cm³/mol. The van der Waals surface area contributed by atoms with Crippen LogP contribution in [0.15, 0.2) is 44.6 Å². The van der Waals surface area contributed by atoms with Crippen LogP contribution in [0.3, 0.4) is 0 Å². The molecule has 0 N–H and O–H groups in total. The Labute approximate surface area is 169 Å². The summed E-state index contributed by atoms with van der Waals surface area (Å²) in [6.07, 6.45) is 0. The maximum Gasteiger partial charge on any atom is 0.218 e. The maximum atomic E-state index is 2.90. The zero-order valence-corrected chi connectivity index (χ0v) is 21.6. The second kappa shape index (κ2) is 5.83. The van der Waals surface area contributed by atoms with E-state index in [0.717, 1.165) is 0 Å². The van der Waals surface area contributed by atoms with Crippen molar-refractivity contribution in [2.75, 3.05) is 0 Å². The minimum atomic E-state index is -1.80. The summed E-state index contributed by atoms with van der Waals surface area (Å²) in [6.45, 7) is 23.8. The first-order valence-corrected chi connectivity index (χ1v) is 16.6. The molecule has 0 spiro atoms. The van der Waals surface area contributed by atoms with Crippen LogP contribution in [0.25, 0.3) is 0 Å². The van der Waals surface area contributed by atoms with Gasteiger partial charge in [0.25, 0.3) is 0 Å². The van der Waals surface area contributed by atoms with Crippen LogP contribution in [0, 0.1) is 0 Å². The molecule has 0 atom stereocenters. The lowest BCUT2D eigenvalue weighted by atomic mass is 9.96. The molecule has 0 radical (unpaired) electrons. The van der Waals surface area contributed by atoms with Gasteiger partial charge in [-0.1, -0.05) is 36.1 Å². The van der Waals surface area contributed by atoms with Gasteiger partial charge in [0, 0.05) is 10.1 Å². The highest BCUT2D eigenvalue weighted by molar-refractivity contribution is 14.3. The molecule has 0 aliphatic heterocycles. The number of rotatable bonds is 2.